The molecule has 0 fully saturated rings. The molecule has 0 bridgehead atoms. The van der Waals surface area contributed by atoms with Gasteiger partial charge < -0.3 is 11.1 Å². The van der Waals surface area contributed by atoms with E-state index in [9.17, 15) is 18.0 Å². The van der Waals surface area contributed by atoms with Gasteiger partial charge in [0, 0.05) is 18.9 Å². The predicted octanol–water partition coefficient (Wildman–Crippen LogP) is 2.29. The van der Waals surface area contributed by atoms with Gasteiger partial charge in [-0.3, -0.25) is 4.79 Å². The van der Waals surface area contributed by atoms with Crippen LogP contribution in [0.5, 0.6) is 0 Å². The summed E-state index contributed by atoms with van der Waals surface area (Å²) in [4.78, 5) is 11.5. The van der Waals surface area contributed by atoms with Crippen LogP contribution in [0.2, 0.25) is 0 Å². The molecule has 0 spiro atoms. The highest BCUT2D eigenvalue weighted by Gasteiger charge is 2.40. The van der Waals surface area contributed by atoms with Crippen LogP contribution in [0.25, 0.3) is 0 Å². The van der Waals surface area contributed by atoms with Crippen molar-refractivity contribution in [2.24, 2.45) is 11.7 Å². The van der Waals surface area contributed by atoms with Crippen LogP contribution in [0.4, 0.5) is 13.2 Å². The smallest absolute Gasteiger partial charge is 0.344 e. The first-order valence-corrected chi connectivity index (χ1v) is 5.95. The van der Waals surface area contributed by atoms with Gasteiger partial charge in [0.1, 0.15) is 6.04 Å². The molecule has 0 aliphatic carbocycles. The highest BCUT2D eigenvalue weighted by molar-refractivity contribution is 5.85. The number of nitrogens with one attached hydrogen (secondary N) is 1. The molecule has 0 aliphatic rings. The Morgan fingerprint density at radius 2 is 1.85 bits per heavy atom. The van der Waals surface area contributed by atoms with Crippen molar-refractivity contribution in [2.45, 2.75) is 25.6 Å². The minimum absolute atomic E-state index is 0. The van der Waals surface area contributed by atoms with E-state index >= 15 is 0 Å². The second-order valence-corrected chi connectivity index (χ2v) is 4.43. The summed E-state index contributed by atoms with van der Waals surface area (Å²) in [6.07, 6.45) is -4.77. The van der Waals surface area contributed by atoms with E-state index in [0.29, 0.717) is 5.56 Å². The molecule has 0 heterocycles. The van der Waals surface area contributed by atoms with Crippen LogP contribution in [0.3, 0.4) is 0 Å². The Hall–Kier alpha value is -1.27. The van der Waals surface area contributed by atoms with E-state index in [4.69, 9.17) is 5.73 Å². The Morgan fingerprint density at radius 3 is 2.30 bits per heavy atom. The van der Waals surface area contributed by atoms with Gasteiger partial charge in [0.05, 0.1) is 0 Å². The predicted molar refractivity (Wildman–Crippen MR) is 73.6 cm³/mol. The van der Waals surface area contributed by atoms with Crippen molar-refractivity contribution >= 4 is 18.3 Å². The molecule has 2 atom stereocenters. The van der Waals surface area contributed by atoms with Crippen LogP contribution in [0.1, 0.15) is 12.5 Å². The topological polar surface area (TPSA) is 55.1 Å². The molecule has 20 heavy (non-hydrogen) atoms. The first-order valence-electron chi connectivity index (χ1n) is 5.95. The number of alkyl halides is 3. The third-order valence-electron chi connectivity index (χ3n) is 2.80. The van der Waals surface area contributed by atoms with Gasteiger partial charge in [0.25, 0.3) is 0 Å². The van der Waals surface area contributed by atoms with Crippen molar-refractivity contribution in [3.63, 3.8) is 0 Å². The molecule has 0 aliphatic heterocycles. The van der Waals surface area contributed by atoms with Gasteiger partial charge in [-0.25, -0.2) is 0 Å². The summed E-state index contributed by atoms with van der Waals surface area (Å²) in [6, 6.07) is 6.34. The molecule has 0 saturated carbocycles. The third-order valence-corrected chi connectivity index (χ3v) is 2.80. The number of carbonyl (C=O) groups excluding carboxylic acids is 1. The second kappa shape index (κ2) is 8.11. The summed E-state index contributed by atoms with van der Waals surface area (Å²) < 4.78 is 38.7. The highest BCUT2D eigenvalue weighted by atomic mass is 35.5. The van der Waals surface area contributed by atoms with Gasteiger partial charge >= 0.3 is 6.18 Å². The molecule has 0 aromatic heterocycles. The lowest BCUT2D eigenvalue weighted by atomic mass is 10.0. The summed E-state index contributed by atoms with van der Waals surface area (Å²) in [5.74, 6) is -1.32. The van der Waals surface area contributed by atoms with Gasteiger partial charge in [-0.05, 0) is 5.56 Å². The minimum Gasteiger partial charge on any atom is -0.344 e. The van der Waals surface area contributed by atoms with Crippen molar-refractivity contribution in [2.75, 3.05) is 6.54 Å². The van der Waals surface area contributed by atoms with E-state index in [1.165, 1.54) is 6.92 Å². The number of halogens is 4. The molecule has 1 amide bonds. The summed E-state index contributed by atoms with van der Waals surface area (Å²) in [5.41, 5.74) is 5.79. The van der Waals surface area contributed by atoms with E-state index in [0.717, 1.165) is 0 Å². The van der Waals surface area contributed by atoms with E-state index < -0.39 is 24.0 Å². The zero-order valence-electron chi connectivity index (χ0n) is 11.0. The molecule has 1 rings (SSSR count). The van der Waals surface area contributed by atoms with E-state index in [1.54, 1.807) is 30.3 Å². The molecule has 3 nitrogen and oxygen atoms in total. The van der Waals surface area contributed by atoms with E-state index in [1.807, 2.05) is 5.32 Å². The van der Waals surface area contributed by atoms with E-state index in [2.05, 4.69) is 0 Å². The molecule has 2 unspecified atom stereocenters. The third kappa shape index (κ3) is 5.79. The van der Waals surface area contributed by atoms with Gasteiger partial charge in [-0.1, -0.05) is 37.3 Å². The van der Waals surface area contributed by atoms with Gasteiger partial charge in [0.15, 0.2) is 0 Å². The lowest BCUT2D eigenvalue weighted by Crippen LogP contribution is -2.49. The van der Waals surface area contributed by atoms with Crippen molar-refractivity contribution in [1.82, 2.24) is 5.32 Å². The average Bonchev–Trinajstić information content (AvgIpc) is 2.37. The largest absolute Gasteiger partial charge is 0.408 e. The Bertz CT molecular complexity index is 412. The maximum absolute atomic E-state index is 12.9. The Balaban J connectivity index is 0.00000361. The van der Waals surface area contributed by atoms with Crippen molar-refractivity contribution in [1.29, 1.82) is 0 Å². The van der Waals surface area contributed by atoms with E-state index in [-0.39, 0.29) is 25.4 Å². The fraction of sp³-hybridized carbons (Fsp3) is 0.462. The van der Waals surface area contributed by atoms with Crippen LogP contribution < -0.4 is 11.1 Å². The van der Waals surface area contributed by atoms with Crippen LogP contribution in [0.15, 0.2) is 30.3 Å². The number of rotatable bonds is 5. The average molecular weight is 311 g/mol. The number of amides is 1. The lowest BCUT2D eigenvalue weighted by Gasteiger charge is -2.23. The highest BCUT2D eigenvalue weighted by Crippen LogP contribution is 2.23. The molecular weight excluding hydrogens is 293 g/mol. The Kier molecular flexibility index (Phi) is 7.60. The van der Waals surface area contributed by atoms with Crippen molar-refractivity contribution < 1.29 is 18.0 Å². The first-order chi connectivity index (χ1) is 8.84. The van der Waals surface area contributed by atoms with Crippen LogP contribution in [-0.2, 0) is 11.2 Å². The molecule has 1 aromatic rings. The summed E-state index contributed by atoms with van der Waals surface area (Å²) in [6.45, 7) is 1.51. The normalized spacial score (nSPS) is 14.1. The van der Waals surface area contributed by atoms with Gasteiger partial charge in [-0.15, -0.1) is 12.4 Å². The Morgan fingerprint density at radius 1 is 1.30 bits per heavy atom. The van der Waals surface area contributed by atoms with Crippen molar-refractivity contribution in [3.8, 4) is 0 Å². The second-order valence-electron chi connectivity index (χ2n) is 4.43. The van der Waals surface area contributed by atoms with Crippen LogP contribution in [0, 0.1) is 5.92 Å². The number of hydrogen-bond donors (Lipinski definition) is 2. The maximum Gasteiger partial charge on any atom is 0.408 e. The lowest BCUT2D eigenvalue weighted by molar-refractivity contribution is -0.162. The first kappa shape index (κ1) is 18.7. The zero-order valence-corrected chi connectivity index (χ0v) is 11.8. The summed E-state index contributed by atoms with van der Waals surface area (Å²) in [7, 11) is 0. The Labute approximate surface area is 122 Å². The van der Waals surface area contributed by atoms with Gasteiger partial charge in [-0.2, -0.15) is 13.2 Å². The van der Waals surface area contributed by atoms with Crippen LogP contribution in [-0.4, -0.2) is 24.7 Å². The summed E-state index contributed by atoms with van der Waals surface area (Å²) in [5, 5.41) is 2.01. The zero-order chi connectivity index (χ0) is 14.5. The number of nitrogens with two attached hydrogens (primary N) is 1. The molecule has 0 radical (unpaired) electrons. The number of carbonyl (C=O) groups is 1. The monoisotopic (exact) mass is 310 g/mol. The molecule has 114 valence electrons. The number of hydrogen-bond acceptors (Lipinski definition) is 2. The standard InChI is InChI=1S/C13H17F3N2O.ClH/c1-9(8-17)12(19)18-11(13(14,15)16)7-10-5-3-2-4-6-10;/h2-6,9,11H,7-8,17H2,1H3,(H,18,19);1H. The number of benzene rings is 1. The fourth-order valence-corrected chi connectivity index (χ4v) is 1.52. The molecular formula is C13H18ClF3N2O. The summed E-state index contributed by atoms with van der Waals surface area (Å²) >= 11 is 0. The molecule has 7 heteroatoms. The maximum atomic E-state index is 12.9. The quantitative estimate of drug-likeness (QED) is 0.877. The SMILES string of the molecule is CC(CN)C(=O)NC(Cc1ccccc1)C(F)(F)F.Cl. The molecule has 3 N–H and O–H groups in total. The minimum atomic E-state index is -4.49. The van der Waals surface area contributed by atoms with Crippen molar-refractivity contribution in [3.05, 3.63) is 35.9 Å². The van der Waals surface area contributed by atoms with Crippen LogP contribution >= 0.6 is 12.4 Å². The molecule has 1 aromatic carbocycles. The fourth-order valence-electron chi connectivity index (χ4n) is 1.52. The van der Waals surface area contributed by atoms with Gasteiger partial charge in [0.2, 0.25) is 5.91 Å². The molecule has 0 saturated heterocycles.